The summed E-state index contributed by atoms with van der Waals surface area (Å²) in [6.45, 7) is 2.91. The first kappa shape index (κ1) is 11.9. The van der Waals surface area contributed by atoms with Gasteiger partial charge in [-0.25, -0.2) is 0 Å². The minimum Gasteiger partial charge on any atom is -0.493 e. The first-order valence-electron chi connectivity index (χ1n) is 6.46. The monoisotopic (exact) mass is 256 g/mol. The van der Waals surface area contributed by atoms with Crippen LogP contribution in [-0.2, 0) is 6.42 Å². The number of benzene rings is 2. The molecule has 1 aliphatic rings. The molecule has 2 aromatic carbocycles. The van der Waals surface area contributed by atoms with Crippen LogP contribution < -0.4 is 14.2 Å². The lowest BCUT2D eigenvalue weighted by atomic mass is 10.0. The highest BCUT2D eigenvalue weighted by Crippen LogP contribution is 2.38. The molecule has 0 saturated heterocycles. The van der Waals surface area contributed by atoms with Gasteiger partial charge in [0.15, 0.2) is 11.5 Å². The Kier molecular flexibility index (Phi) is 3.27. The molecule has 1 heterocycles. The Bertz CT molecular complexity index is 564. The van der Waals surface area contributed by atoms with Crippen LogP contribution in [-0.4, -0.2) is 13.4 Å². The standard InChI is InChI=1S/C16H16O3/c1-2-17-14-10-16-15(18-11-19-16)9-13(14)8-12-6-4-3-5-7-12/h3-7,9-10H,2,8,11H2,1H3. The van der Waals surface area contributed by atoms with E-state index in [4.69, 9.17) is 14.2 Å². The van der Waals surface area contributed by atoms with Gasteiger partial charge in [-0.1, -0.05) is 30.3 Å². The van der Waals surface area contributed by atoms with E-state index in [2.05, 4.69) is 12.1 Å². The van der Waals surface area contributed by atoms with E-state index in [1.165, 1.54) is 5.56 Å². The molecule has 1 aliphatic heterocycles. The summed E-state index contributed by atoms with van der Waals surface area (Å²) in [6, 6.07) is 14.3. The quantitative estimate of drug-likeness (QED) is 0.839. The summed E-state index contributed by atoms with van der Waals surface area (Å²) in [4.78, 5) is 0. The largest absolute Gasteiger partial charge is 0.493 e. The van der Waals surface area contributed by atoms with Crippen LogP contribution in [0.15, 0.2) is 42.5 Å². The van der Waals surface area contributed by atoms with Gasteiger partial charge in [0.2, 0.25) is 6.79 Å². The van der Waals surface area contributed by atoms with Crippen molar-refractivity contribution in [1.29, 1.82) is 0 Å². The summed E-state index contributed by atoms with van der Waals surface area (Å²) in [5, 5.41) is 0. The lowest BCUT2D eigenvalue weighted by Crippen LogP contribution is -1.98. The van der Waals surface area contributed by atoms with Crippen molar-refractivity contribution in [2.24, 2.45) is 0 Å². The lowest BCUT2D eigenvalue weighted by Gasteiger charge is -2.11. The maximum atomic E-state index is 5.70. The first-order chi connectivity index (χ1) is 9.36. The Morgan fingerprint density at radius 1 is 1.05 bits per heavy atom. The van der Waals surface area contributed by atoms with Gasteiger partial charge in [0.25, 0.3) is 0 Å². The molecule has 0 N–H and O–H groups in total. The SMILES string of the molecule is CCOc1cc2c(cc1Cc1ccccc1)OCO2. The highest BCUT2D eigenvalue weighted by atomic mass is 16.7. The van der Waals surface area contributed by atoms with Gasteiger partial charge in [0.1, 0.15) is 5.75 Å². The zero-order chi connectivity index (χ0) is 13.1. The van der Waals surface area contributed by atoms with Crippen molar-refractivity contribution in [2.75, 3.05) is 13.4 Å². The van der Waals surface area contributed by atoms with Crippen molar-refractivity contribution in [3.8, 4) is 17.2 Å². The van der Waals surface area contributed by atoms with E-state index in [0.29, 0.717) is 6.61 Å². The highest BCUT2D eigenvalue weighted by Gasteiger charge is 2.18. The van der Waals surface area contributed by atoms with Crippen LogP contribution in [0, 0.1) is 0 Å². The topological polar surface area (TPSA) is 27.7 Å². The molecule has 98 valence electrons. The summed E-state index contributed by atoms with van der Waals surface area (Å²) in [5.74, 6) is 2.44. The fourth-order valence-corrected chi connectivity index (χ4v) is 2.21. The van der Waals surface area contributed by atoms with Gasteiger partial charge in [-0.15, -0.1) is 0 Å². The van der Waals surface area contributed by atoms with Gasteiger partial charge < -0.3 is 14.2 Å². The normalized spacial score (nSPS) is 12.5. The van der Waals surface area contributed by atoms with E-state index in [0.717, 1.165) is 29.2 Å². The zero-order valence-corrected chi connectivity index (χ0v) is 10.9. The molecule has 0 radical (unpaired) electrons. The summed E-state index contributed by atoms with van der Waals surface area (Å²) in [5.41, 5.74) is 2.37. The number of hydrogen-bond donors (Lipinski definition) is 0. The van der Waals surface area contributed by atoms with Gasteiger partial charge in [-0.05, 0) is 18.6 Å². The first-order valence-corrected chi connectivity index (χ1v) is 6.46. The van der Waals surface area contributed by atoms with Crippen molar-refractivity contribution in [3.63, 3.8) is 0 Å². The molecule has 3 rings (SSSR count). The van der Waals surface area contributed by atoms with Gasteiger partial charge in [-0.2, -0.15) is 0 Å². The molecule has 0 aliphatic carbocycles. The molecular weight excluding hydrogens is 240 g/mol. The van der Waals surface area contributed by atoms with E-state index < -0.39 is 0 Å². The molecule has 0 amide bonds. The average Bonchev–Trinajstić information content (AvgIpc) is 2.88. The fourth-order valence-electron chi connectivity index (χ4n) is 2.21. The van der Waals surface area contributed by atoms with Crippen molar-refractivity contribution in [1.82, 2.24) is 0 Å². The highest BCUT2D eigenvalue weighted by molar-refractivity contribution is 5.53. The maximum absolute atomic E-state index is 5.70. The molecule has 3 heteroatoms. The minimum atomic E-state index is 0.287. The third kappa shape index (κ3) is 2.50. The summed E-state index contributed by atoms with van der Waals surface area (Å²) in [6.07, 6.45) is 0.826. The molecular formula is C16H16O3. The second-order valence-electron chi connectivity index (χ2n) is 4.41. The number of fused-ring (bicyclic) bond motifs is 1. The molecule has 0 unspecified atom stereocenters. The average molecular weight is 256 g/mol. The summed E-state index contributed by atoms with van der Waals surface area (Å²) in [7, 11) is 0. The van der Waals surface area contributed by atoms with Crippen molar-refractivity contribution >= 4 is 0 Å². The Morgan fingerprint density at radius 2 is 1.79 bits per heavy atom. The van der Waals surface area contributed by atoms with Gasteiger partial charge >= 0.3 is 0 Å². The molecule has 19 heavy (non-hydrogen) atoms. The molecule has 0 atom stereocenters. The van der Waals surface area contributed by atoms with Crippen molar-refractivity contribution in [2.45, 2.75) is 13.3 Å². The van der Waals surface area contributed by atoms with Crippen LogP contribution in [0.5, 0.6) is 17.2 Å². The summed E-state index contributed by atoms with van der Waals surface area (Å²) >= 11 is 0. The number of hydrogen-bond acceptors (Lipinski definition) is 3. The third-order valence-electron chi connectivity index (χ3n) is 3.09. The molecule has 0 spiro atoms. The van der Waals surface area contributed by atoms with E-state index >= 15 is 0 Å². The number of ether oxygens (including phenoxy) is 3. The van der Waals surface area contributed by atoms with E-state index in [1.807, 2.05) is 37.3 Å². The molecule has 0 saturated carbocycles. The predicted octanol–water partition coefficient (Wildman–Crippen LogP) is 3.40. The fraction of sp³-hybridized carbons (Fsp3) is 0.250. The van der Waals surface area contributed by atoms with Crippen LogP contribution in [0.3, 0.4) is 0 Å². The Hall–Kier alpha value is -2.16. The number of rotatable bonds is 4. The Balaban J connectivity index is 1.94. The molecule has 2 aromatic rings. The van der Waals surface area contributed by atoms with Crippen molar-refractivity contribution in [3.05, 3.63) is 53.6 Å². The molecule has 0 fully saturated rings. The third-order valence-corrected chi connectivity index (χ3v) is 3.09. The lowest BCUT2D eigenvalue weighted by molar-refractivity contribution is 0.173. The van der Waals surface area contributed by atoms with Crippen LogP contribution >= 0.6 is 0 Å². The van der Waals surface area contributed by atoms with Gasteiger partial charge in [0, 0.05) is 18.1 Å². The van der Waals surface area contributed by atoms with E-state index in [9.17, 15) is 0 Å². The Labute approximate surface area is 112 Å². The molecule has 0 aromatic heterocycles. The maximum Gasteiger partial charge on any atom is 0.231 e. The van der Waals surface area contributed by atoms with Crippen molar-refractivity contribution < 1.29 is 14.2 Å². The van der Waals surface area contributed by atoms with Crippen LogP contribution in [0.25, 0.3) is 0 Å². The minimum absolute atomic E-state index is 0.287. The van der Waals surface area contributed by atoms with E-state index in [-0.39, 0.29) is 6.79 Å². The predicted molar refractivity (Wildman–Crippen MR) is 73.0 cm³/mol. The second kappa shape index (κ2) is 5.22. The summed E-state index contributed by atoms with van der Waals surface area (Å²) < 4.78 is 16.5. The molecule has 3 nitrogen and oxygen atoms in total. The van der Waals surface area contributed by atoms with Crippen LogP contribution in [0.4, 0.5) is 0 Å². The second-order valence-corrected chi connectivity index (χ2v) is 4.41. The zero-order valence-electron chi connectivity index (χ0n) is 10.9. The van der Waals surface area contributed by atoms with Crippen LogP contribution in [0.1, 0.15) is 18.1 Å². The van der Waals surface area contributed by atoms with Gasteiger partial charge in [0.05, 0.1) is 6.61 Å². The van der Waals surface area contributed by atoms with E-state index in [1.54, 1.807) is 0 Å². The smallest absolute Gasteiger partial charge is 0.231 e. The van der Waals surface area contributed by atoms with Gasteiger partial charge in [-0.3, -0.25) is 0 Å². The molecule has 0 bridgehead atoms. The van der Waals surface area contributed by atoms with Crippen LogP contribution in [0.2, 0.25) is 0 Å². The Morgan fingerprint density at radius 3 is 2.53 bits per heavy atom.